The number of benzene rings is 2. The van der Waals surface area contributed by atoms with E-state index in [4.69, 9.17) is 4.74 Å². The summed E-state index contributed by atoms with van der Waals surface area (Å²) in [5, 5.41) is 0. The maximum Gasteiger partial charge on any atom is 0.261 e. The first kappa shape index (κ1) is 17.9. The number of hydrogen-bond donors (Lipinski definition) is 1. The lowest BCUT2D eigenvalue weighted by Crippen LogP contribution is -2.29. The van der Waals surface area contributed by atoms with Gasteiger partial charge < -0.3 is 4.74 Å². The summed E-state index contributed by atoms with van der Waals surface area (Å²) in [6, 6.07) is 10.9. The number of nitrogens with zero attached hydrogens (tertiary/aromatic N) is 1. The zero-order valence-corrected chi connectivity index (χ0v) is 15.2. The predicted molar refractivity (Wildman–Crippen MR) is 96.7 cm³/mol. The summed E-state index contributed by atoms with van der Waals surface area (Å²) in [6.07, 6.45) is 0.353. The third kappa shape index (κ3) is 3.41. The molecule has 8 heteroatoms. The second kappa shape index (κ2) is 6.80. The number of anilines is 2. The Morgan fingerprint density at radius 2 is 1.73 bits per heavy atom. The van der Waals surface area contributed by atoms with Gasteiger partial charge in [0.2, 0.25) is 11.8 Å². The van der Waals surface area contributed by atoms with Crippen molar-refractivity contribution < 1.29 is 22.7 Å². The molecule has 26 heavy (non-hydrogen) atoms. The van der Waals surface area contributed by atoms with E-state index in [9.17, 15) is 18.0 Å². The Hall–Kier alpha value is -2.87. The van der Waals surface area contributed by atoms with Crippen molar-refractivity contribution in [2.75, 3.05) is 16.7 Å². The van der Waals surface area contributed by atoms with Crippen molar-refractivity contribution in [3.05, 3.63) is 48.0 Å². The highest BCUT2D eigenvalue weighted by Crippen LogP contribution is 2.29. The van der Waals surface area contributed by atoms with Gasteiger partial charge in [0.25, 0.3) is 10.0 Å². The molecule has 136 valence electrons. The Kier molecular flexibility index (Phi) is 4.69. The van der Waals surface area contributed by atoms with Crippen LogP contribution in [0.5, 0.6) is 5.75 Å². The van der Waals surface area contributed by atoms with Gasteiger partial charge in [-0.2, -0.15) is 0 Å². The minimum Gasteiger partial charge on any atom is -0.497 e. The molecule has 3 rings (SSSR count). The number of rotatable bonds is 5. The van der Waals surface area contributed by atoms with E-state index in [1.807, 2.05) is 0 Å². The van der Waals surface area contributed by atoms with E-state index in [1.54, 1.807) is 31.2 Å². The van der Waals surface area contributed by atoms with Gasteiger partial charge in [0, 0.05) is 18.9 Å². The van der Waals surface area contributed by atoms with Crippen molar-refractivity contribution in [3.63, 3.8) is 0 Å². The van der Waals surface area contributed by atoms with E-state index in [0.29, 0.717) is 22.7 Å². The highest BCUT2D eigenvalue weighted by atomic mass is 32.2. The molecule has 1 aliphatic rings. The largest absolute Gasteiger partial charge is 0.497 e. The van der Waals surface area contributed by atoms with Crippen LogP contribution in [0.3, 0.4) is 0 Å². The number of nitrogens with one attached hydrogen (secondary N) is 1. The van der Waals surface area contributed by atoms with Crippen molar-refractivity contribution in [1.82, 2.24) is 0 Å². The molecule has 0 unspecified atom stereocenters. The number of ether oxygens (including phenoxy) is 1. The summed E-state index contributed by atoms with van der Waals surface area (Å²) < 4.78 is 32.8. The summed E-state index contributed by atoms with van der Waals surface area (Å²) in [5.41, 5.74) is 1.32. The number of amides is 2. The molecule has 0 spiro atoms. The van der Waals surface area contributed by atoms with Crippen molar-refractivity contribution in [3.8, 4) is 5.75 Å². The summed E-state index contributed by atoms with van der Waals surface area (Å²) >= 11 is 0. The lowest BCUT2D eigenvalue weighted by molar-refractivity contribution is -0.121. The smallest absolute Gasteiger partial charge is 0.261 e. The van der Waals surface area contributed by atoms with Gasteiger partial charge >= 0.3 is 0 Å². The van der Waals surface area contributed by atoms with Crippen LogP contribution in [0.15, 0.2) is 47.4 Å². The van der Waals surface area contributed by atoms with Crippen LogP contribution < -0.4 is 14.4 Å². The standard InChI is InChI=1S/C18H18N2O5S/c1-12-10-15(6-7-16(12)20-17(21)8-9-18(20)22)26(23,24)19-13-4-3-5-14(11-13)25-2/h3-7,10-11,19H,8-9H2,1-2H3. The minimum absolute atomic E-state index is 0.0423. The molecule has 2 aromatic rings. The third-order valence-electron chi connectivity index (χ3n) is 4.09. The Morgan fingerprint density at radius 1 is 1.04 bits per heavy atom. The fraction of sp³-hybridized carbons (Fsp3) is 0.222. The van der Waals surface area contributed by atoms with Crippen molar-refractivity contribution in [2.45, 2.75) is 24.7 Å². The molecular weight excluding hydrogens is 356 g/mol. The fourth-order valence-electron chi connectivity index (χ4n) is 2.79. The first-order chi connectivity index (χ1) is 12.3. The normalized spacial score (nSPS) is 14.6. The van der Waals surface area contributed by atoms with Crippen LogP contribution in [-0.2, 0) is 19.6 Å². The molecule has 1 fully saturated rings. The molecule has 0 radical (unpaired) electrons. The quantitative estimate of drug-likeness (QED) is 0.812. The molecule has 7 nitrogen and oxygen atoms in total. The molecular formula is C18H18N2O5S. The van der Waals surface area contributed by atoms with E-state index >= 15 is 0 Å². The summed E-state index contributed by atoms with van der Waals surface area (Å²) in [4.78, 5) is 24.9. The molecule has 0 atom stereocenters. The van der Waals surface area contributed by atoms with E-state index < -0.39 is 10.0 Å². The number of sulfonamides is 1. The van der Waals surface area contributed by atoms with Crippen molar-refractivity contribution >= 4 is 33.2 Å². The van der Waals surface area contributed by atoms with Gasteiger partial charge in [-0.05, 0) is 42.8 Å². The Bertz CT molecular complexity index is 969. The molecule has 0 aliphatic carbocycles. The van der Waals surface area contributed by atoms with Crippen LogP contribution in [0, 0.1) is 6.92 Å². The van der Waals surface area contributed by atoms with Crippen LogP contribution in [0.25, 0.3) is 0 Å². The maximum atomic E-state index is 12.6. The zero-order chi connectivity index (χ0) is 18.9. The van der Waals surface area contributed by atoms with E-state index in [-0.39, 0.29) is 29.6 Å². The monoisotopic (exact) mass is 374 g/mol. The Labute approximate surface area is 151 Å². The number of carbonyl (C=O) groups excluding carboxylic acids is 2. The molecule has 1 aliphatic heterocycles. The number of aryl methyl sites for hydroxylation is 1. The fourth-order valence-corrected chi connectivity index (χ4v) is 3.93. The SMILES string of the molecule is COc1cccc(NS(=O)(=O)c2ccc(N3C(=O)CCC3=O)c(C)c2)c1. The number of hydrogen-bond acceptors (Lipinski definition) is 5. The molecule has 0 aromatic heterocycles. The van der Waals surface area contributed by atoms with Crippen molar-refractivity contribution in [1.29, 1.82) is 0 Å². The molecule has 0 saturated carbocycles. The highest BCUT2D eigenvalue weighted by molar-refractivity contribution is 7.92. The number of methoxy groups -OCH3 is 1. The second-order valence-electron chi connectivity index (χ2n) is 5.91. The average molecular weight is 374 g/mol. The molecule has 2 aromatic carbocycles. The van der Waals surface area contributed by atoms with Gasteiger partial charge in [-0.3, -0.25) is 19.2 Å². The van der Waals surface area contributed by atoms with Gasteiger partial charge in [-0.1, -0.05) is 6.07 Å². The predicted octanol–water partition coefficient (Wildman–Crippen LogP) is 2.46. The number of imide groups is 1. The first-order valence-corrected chi connectivity index (χ1v) is 9.43. The van der Waals surface area contributed by atoms with E-state index in [0.717, 1.165) is 4.90 Å². The van der Waals surface area contributed by atoms with Crippen molar-refractivity contribution in [2.24, 2.45) is 0 Å². The van der Waals surface area contributed by atoms with E-state index in [1.165, 1.54) is 25.3 Å². The minimum atomic E-state index is -3.82. The van der Waals surface area contributed by atoms with Crippen LogP contribution in [0.4, 0.5) is 11.4 Å². The van der Waals surface area contributed by atoms with Gasteiger partial charge in [0.1, 0.15) is 5.75 Å². The Morgan fingerprint density at radius 3 is 2.35 bits per heavy atom. The maximum absolute atomic E-state index is 12.6. The Balaban J connectivity index is 1.90. The van der Waals surface area contributed by atoms with Crippen LogP contribution in [0.2, 0.25) is 0 Å². The number of carbonyl (C=O) groups is 2. The highest BCUT2D eigenvalue weighted by Gasteiger charge is 2.31. The third-order valence-corrected chi connectivity index (χ3v) is 5.47. The van der Waals surface area contributed by atoms with E-state index in [2.05, 4.69) is 4.72 Å². The van der Waals surface area contributed by atoms with Gasteiger partial charge in [-0.15, -0.1) is 0 Å². The van der Waals surface area contributed by atoms with Gasteiger partial charge in [0.15, 0.2) is 0 Å². The molecule has 1 heterocycles. The summed E-state index contributed by atoms with van der Waals surface area (Å²) in [7, 11) is -2.33. The van der Waals surface area contributed by atoms with Crippen LogP contribution >= 0.6 is 0 Å². The lowest BCUT2D eigenvalue weighted by atomic mass is 10.2. The second-order valence-corrected chi connectivity index (χ2v) is 7.59. The zero-order valence-electron chi connectivity index (χ0n) is 14.4. The molecule has 0 bridgehead atoms. The average Bonchev–Trinajstić information content (AvgIpc) is 2.93. The van der Waals surface area contributed by atoms with Crippen LogP contribution in [0.1, 0.15) is 18.4 Å². The first-order valence-electron chi connectivity index (χ1n) is 7.95. The molecule has 2 amide bonds. The summed E-state index contributed by atoms with van der Waals surface area (Å²) in [5.74, 6) is -0.0192. The van der Waals surface area contributed by atoms with Gasteiger partial charge in [-0.25, -0.2) is 8.42 Å². The molecule has 1 N–H and O–H groups in total. The lowest BCUT2D eigenvalue weighted by Gasteiger charge is -2.17. The molecule has 1 saturated heterocycles. The summed E-state index contributed by atoms with van der Waals surface area (Å²) in [6.45, 7) is 1.67. The van der Waals surface area contributed by atoms with Gasteiger partial charge in [0.05, 0.1) is 23.4 Å². The van der Waals surface area contributed by atoms with Crippen LogP contribution in [-0.4, -0.2) is 27.3 Å². The topological polar surface area (TPSA) is 92.8 Å².